The number of aryl methyl sites for hydroxylation is 2. The molecule has 2 aromatic rings. The number of nitrogens with one attached hydrogen (secondary N) is 2. The van der Waals surface area contributed by atoms with E-state index < -0.39 is 10.8 Å². The summed E-state index contributed by atoms with van der Waals surface area (Å²) in [5.41, 5.74) is 1.03. The fraction of sp³-hybridized carbons (Fsp3) is 0.333. The van der Waals surface area contributed by atoms with Crippen LogP contribution in [0, 0.1) is 10.1 Å². The maximum absolute atomic E-state index is 12.1. The Balaban J connectivity index is 2.22. The third-order valence-corrected chi connectivity index (χ3v) is 2.92. The SMILES string of the molecule is CCc1cc(NC(=O)c2cc([N+](=O)[O-])cn2CC)n[nH]1. The van der Waals surface area contributed by atoms with Gasteiger partial charge in [0.15, 0.2) is 5.82 Å². The van der Waals surface area contributed by atoms with Crippen LogP contribution in [0.25, 0.3) is 0 Å². The molecule has 2 N–H and O–H groups in total. The molecule has 8 nitrogen and oxygen atoms in total. The minimum absolute atomic E-state index is 0.103. The highest BCUT2D eigenvalue weighted by molar-refractivity contribution is 6.03. The number of carbonyl (C=O) groups is 1. The monoisotopic (exact) mass is 277 g/mol. The van der Waals surface area contributed by atoms with Gasteiger partial charge in [-0.05, 0) is 13.3 Å². The van der Waals surface area contributed by atoms with Crippen LogP contribution in [0.4, 0.5) is 11.5 Å². The average Bonchev–Trinajstić information content (AvgIpc) is 3.04. The Kier molecular flexibility index (Phi) is 3.83. The first-order valence-electron chi connectivity index (χ1n) is 6.25. The number of amides is 1. The van der Waals surface area contributed by atoms with Crippen molar-refractivity contribution in [3.05, 3.63) is 39.8 Å². The van der Waals surface area contributed by atoms with E-state index in [4.69, 9.17) is 0 Å². The summed E-state index contributed by atoms with van der Waals surface area (Å²) in [7, 11) is 0. The van der Waals surface area contributed by atoms with Crippen LogP contribution in [0.15, 0.2) is 18.3 Å². The molecule has 0 aliphatic heterocycles. The van der Waals surface area contributed by atoms with Crippen molar-refractivity contribution in [2.75, 3.05) is 5.32 Å². The Bertz CT molecular complexity index is 643. The molecule has 8 heteroatoms. The highest BCUT2D eigenvalue weighted by Gasteiger charge is 2.19. The molecule has 0 fully saturated rings. The topological polar surface area (TPSA) is 106 Å². The van der Waals surface area contributed by atoms with Crippen molar-refractivity contribution in [2.24, 2.45) is 0 Å². The van der Waals surface area contributed by atoms with Crippen LogP contribution >= 0.6 is 0 Å². The Morgan fingerprint density at radius 1 is 1.50 bits per heavy atom. The molecule has 0 spiro atoms. The average molecular weight is 277 g/mol. The van der Waals surface area contributed by atoms with Crippen molar-refractivity contribution < 1.29 is 9.72 Å². The predicted octanol–water partition coefficient (Wildman–Crippen LogP) is 1.95. The van der Waals surface area contributed by atoms with Crippen molar-refractivity contribution in [1.29, 1.82) is 0 Å². The molecule has 0 aliphatic rings. The van der Waals surface area contributed by atoms with Crippen LogP contribution < -0.4 is 5.32 Å². The molecule has 0 unspecified atom stereocenters. The summed E-state index contributed by atoms with van der Waals surface area (Å²) in [6, 6.07) is 2.98. The van der Waals surface area contributed by atoms with Gasteiger partial charge in [0.2, 0.25) is 0 Å². The molecule has 20 heavy (non-hydrogen) atoms. The third kappa shape index (κ3) is 2.68. The molecule has 2 heterocycles. The standard InChI is InChI=1S/C12H15N5O3/c1-3-8-5-11(15-14-8)13-12(18)10-6-9(17(19)20)7-16(10)4-2/h5-7H,3-4H2,1-2H3,(H2,13,14,15,18). The summed E-state index contributed by atoms with van der Waals surface area (Å²) in [5.74, 6) is -0.0209. The van der Waals surface area contributed by atoms with E-state index in [1.165, 1.54) is 16.8 Å². The molecule has 0 atom stereocenters. The van der Waals surface area contributed by atoms with Crippen molar-refractivity contribution >= 4 is 17.4 Å². The van der Waals surface area contributed by atoms with Crippen LogP contribution in [0.2, 0.25) is 0 Å². The molecule has 0 aliphatic carbocycles. The maximum atomic E-state index is 12.1. The second kappa shape index (κ2) is 5.55. The molecule has 0 aromatic carbocycles. The summed E-state index contributed by atoms with van der Waals surface area (Å²) in [6.07, 6.45) is 2.12. The van der Waals surface area contributed by atoms with Gasteiger partial charge in [0.25, 0.3) is 11.6 Å². The first kappa shape index (κ1) is 13.8. The van der Waals surface area contributed by atoms with E-state index in [0.717, 1.165) is 12.1 Å². The molecule has 0 saturated heterocycles. The Hall–Kier alpha value is -2.64. The number of hydrogen-bond acceptors (Lipinski definition) is 4. The number of carbonyl (C=O) groups excluding carboxylic acids is 1. The van der Waals surface area contributed by atoms with Gasteiger partial charge in [0, 0.05) is 24.4 Å². The van der Waals surface area contributed by atoms with E-state index in [0.29, 0.717) is 12.4 Å². The summed E-state index contributed by atoms with van der Waals surface area (Å²) in [6.45, 7) is 4.24. The zero-order chi connectivity index (χ0) is 14.7. The first-order chi connectivity index (χ1) is 9.55. The number of H-pyrrole nitrogens is 1. The summed E-state index contributed by atoms with van der Waals surface area (Å²) in [5, 5.41) is 20.1. The van der Waals surface area contributed by atoms with Gasteiger partial charge in [-0.25, -0.2) is 0 Å². The van der Waals surface area contributed by atoms with Gasteiger partial charge in [-0.2, -0.15) is 5.10 Å². The fourth-order valence-corrected chi connectivity index (χ4v) is 1.83. The van der Waals surface area contributed by atoms with Crippen molar-refractivity contribution in [1.82, 2.24) is 14.8 Å². The predicted molar refractivity (Wildman–Crippen MR) is 72.7 cm³/mol. The zero-order valence-electron chi connectivity index (χ0n) is 11.2. The van der Waals surface area contributed by atoms with Crippen LogP contribution in [-0.2, 0) is 13.0 Å². The lowest BCUT2D eigenvalue weighted by atomic mass is 10.3. The smallest absolute Gasteiger partial charge is 0.287 e. The maximum Gasteiger partial charge on any atom is 0.287 e. The van der Waals surface area contributed by atoms with E-state index >= 15 is 0 Å². The van der Waals surface area contributed by atoms with Crippen LogP contribution in [-0.4, -0.2) is 25.6 Å². The molecule has 1 amide bonds. The van der Waals surface area contributed by atoms with Gasteiger partial charge in [-0.1, -0.05) is 6.92 Å². The number of nitrogens with zero attached hydrogens (tertiary/aromatic N) is 3. The van der Waals surface area contributed by atoms with Gasteiger partial charge < -0.3 is 9.88 Å². The largest absolute Gasteiger partial charge is 0.337 e. The van der Waals surface area contributed by atoms with Gasteiger partial charge in [-0.3, -0.25) is 20.0 Å². The quantitative estimate of drug-likeness (QED) is 0.643. The van der Waals surface area contributed by atoms with Crippen molar-refractivity contribution in [3.8, 4) is 0 Å². The van der Waals surface area contributed by atoms with E-state index in [1.807, 2.05) is 13.8 Å². The summed E-state index contributed by atoms with van der Waals surface area (Å²) < 4.78 is 1.53. The number of anilines is 1. The van der Waals surface area contributed by atoms with Crippen molar-refractivity contribution in [3.63, 3.8) is 0 Å². The second-order valence-electron chi connectivity index (χ2n) is 4.21. The van der Waals surface area contributed by atoms with Crippen LogP contribution in [0.5, 0.6) is 0 Å². The van der Waals surface area contributed by atoms with E-state index in [9.17, 15) is 14.9 Å². The van der Waals surface area contributed by atoms with E-state index in [1.54, 1.807) is 6.07 Å². The lowest BCUT2D eigenvalue weighted by molar-refractivity contribution is -0.384. The Morgan fingerprint density at radius 3 is 2.80 bits per heavy atom. The lowest BCUT2D eigenvalue weighted by Gasteiger charge is -2.04. The third-order valence-electron chi connectivity index (χ3n) is 2.92. The number of rotatable bonds is 5. The minimum Gasteiger partial charge on any atom is -0.337 e. The highest BCUT2D eigenvalue weighted by atomic mass is 16.6. The van der Waals surface area contributed by atoms with E-state index in [2.05, 4.69) is 15.5 Å². The van der Waals surface area contributed by atoms with Gasteiger partial charge in [-0.15, -0.1) is 0 Å². The number of hydrogen-bond donors (Lipinski definition) is 2. The lowest BCUT2D eigenvalue weighted by Crippen LogP contribution is -2.16. The van der Waals surface area contributed by atoms with Gasteiger partial charge in [0.05, 0.1) is 11.1 Å². The minimum atomic E-state index is -0.521. The molecule has 0 saturated carbocycles. The Labute approximate surface area is 114 Å². The van der Waals surface area contributed by atoms with Crippen LogP contribution in [0.1, 0.15) is 30.0 Å². The molecule has 0 radical (unpaired) electrons. The van der Waals surface area contributed by atoms with Gasteiger partial charge in [0.1, 0.15) is 5.69 Å². The van der Waals surface area contributed by atoms with E-state index in [-0.39, 0.29) is 11.4 Å². The number of aromatic amines is 1. The summed E-state index contributed by atoms with van der Waals surface area (Å²) in [4.78, 5) is 22.3. The second-order valence-corrected chi connectivity index (χ2v) is 4.21. The van der Waals surface area contributed by atoms with Crippen molar-refractivity contribution in [2.45, 2.75) is 26.8 Å². The molecular weight excluding hydrogens is 262 g/mol. The van der Waals surface area contributed by atoms with Crippen LogP contribution in [0.3, 0.4) is 0 Å². The first-order valence-corrected chi connectivity index (χ1v) is 6.25. The number of nitro groups is 1. The molecule has 2 aromatic heterocycles. The van der Waals surface area contributed by atoms with Gasteiger partial charge >= 0.3 is 0 Å². The fourth-order valence-electron chi connectivity index (χ4n) is 1.83. The molecule has 2 rings (SSSR count). The highest BCUT2D eigenvalue weighted by Crippen LogP contribution is 2.18. The molecular formula is C12H15N5O3. The molecule has 106 valence electrons. The summed E-state index contributed by atoms with van der Waals surface area (Å²) >= 11 is 0. The zero-order valence-corrected chi connectivity index (χ0v) is 11.2. The normalized spacial score (nSPS) is 10.5. The Morgan fingerprint density at radius 2 is 2.25 bits per heavy atom. The number of aromatic nitrogens is 3. The molecule has 0 bridgehead atoms.